The Hall–Kier alpha value is -4.27. The second-order valence-corrected chi connectivity index (χ2v) is 12.8. The molecular formula is C35H38FN3O5. The van der Waals surface area contributed by atoms with Gasteiger partial charge in [-0.2, -0.15) is 0 Å². The number of halogens is 1. The molecule has 230 valence electrons. The van der Waals surface area contributed by atoms with Crippen molar-refractivity contribution in [3.63, 3.8) is 0 Å². The first kappa shape index (κ1) is 29.8. The molecule has 2 aromatic carbocycles. The smallest absolute Gasteiger partial charge is 0.306 e. The molecule has 1 saturated carbocycles. The molecule has 1 N–H and O–H groups in total. The number of nitrogens with one attached hydrogen (secondary N) is 1. The van der Waals surface area contributed by atoms with Crippen molar-refractivity contribution < 1.29 is 28.2 Å². The number of aryl methyl sites for hydroxylation is 1. The average molecular weight is 600 g/mol. The van der Waals surface area contributed by atoms with Gasteiger partial charge in [0.05, 0.1) is 12.8 Å². The lowest BCUT2D eigenvalue weighted by atomic mass is 9.72. The van der Waals surface area contributed by atoms with Crippen molar-refractivity contribution >= 4 is 23.5 Å². The monoisotopic (exact) mass is 599 g/mol. The Balaban J connectivity index is 1.15. The highest BCUT2D eigenvalue weighted by atomic mass is 19.1. The molecule has 3 aromatic rings. The van der Waals surface area contributed by atoms with Crippen LogP contribution in [0, 0.1) is 17.7 Å². The lowest BCUT2D eigenvalue weighted by molar-refractivity contribution is -0.151. The number of ether oxygens (including phenoxy) is 2. The van der Waals surface area contributed by atoms with Crippen LogP contribution in [0.1, 0.15) is 73.5 Å². The van der Waals surface area contributed by atoms with E-state index >= 15 is 4.39 Å². The number of rotatable bonds is 8. The fraction of sp³-hybridized carbons (Fsp3) is 0.429. The molecule has 1 aliphatic heterocycles. The summed E-state index contributed by atoms with van der Waals surface area (Å²) in [7, 11) is 1.53. The van der Waals surface area contributed by atoms with Gasteiger partial charge in [0, 0.05) is 42.6 Å². The summed E-state index contributed by atoms with van der Waals surface area (Å²) in [6, 6.07) is 15.3. The summed E-state index contributed by atoms with van der Waals surface area (Å²) in [4.78, 5) is 46.3. The molecule has 2 heterocycles. The lowest BCUT2D eigenvalue weighted by Crippen LogP contribution is -2.50. The van der Waals surface area contributed by atoms with Crippen molar-refractivity contribution in [2.75, 3.05) is 19.0 Å². The van der Waals surface area contributed by atoms with Gasteiger partial charge in [0.15, 0.2) is 0 Å². The molecule has 2 amide bonds. The molecule has 44 heavy (non-hydrogen) atoms. The number of fused-ring (bicyclic) bond motifs is 2. The Kier molecular flexibility index (Phi) is 8.14. The molecule has 6 rings (SSSR count). The molecule has 8 nitrogen and oxygen atoms in total. The zero-order chi connectivity index (χ0) is 31.0. The van der Waals surface area contributed by atoms with Crippen LogP contribution in [0.15, 0.2) is 54.6 Å². The Labute approximate surface area is 257 Å². The van der Waals surface area contributed by atoms with Crippen LogP contribution in [0.5, 0.6) is 5.88 Å². The number of pyridine rings is 1. The van der Waals surface area contributed by atoms with E-state index in [0.717, 1.165) is 24.0 Å². The number of carbonyl (C=O) groups excluding carboxylic acids is 3. The third kappa shape index (κ3) is 5.92. The van der Waals surface area contributed by atoms with Gasteiger partial charge < -0.3 is 19.7 Å². The summed E-state index contributed by atoms with van der Waals surface area (Å²) < 4.78 is 25.9. The minimum atomic E-state index is -0.924. The first-order chi connectivity index (χ1) is 21.1. The Morgan fingerprint density at radius 3 is 2.59 bits per heavy atom. The van der Waals surface area contributed by atoms with Gasteiger partial charge in [-0.1, -0.05) is 44.2 Å². The van der Waals surface area contributed by atoms with E-state index in [1.54, 1.807) is 17.0 Å². The molecule has 1 fully saturated rings. The summed E-state index contributed by atoms with van der Waals surface area (Å²) in [5, 5.41) is 2.91. The predicted molar refractivity (Wildman–Crippen MR) is 162 cm³/mol. The number of anilines is 1. The minimum Gasteiger partial charge on any atom is -0.481 e. The van der Waals surface area contributed by atoms with E-state index in [9.17, 15) is 14.4 Å². The molecule has 0 saturated heterocycles. The predicted octanol–water partition coefficient (Wildman–Crippen LogP) is 5.68. The maximum absolute atomic E-state index is 15.2. The number of methoxy groups -OCH3 is 1. The number of aromatic nitrogens is 1. The maximum atomic E-state index is 15.2. The van der Waals surface area contributed by atoms with Crippen LogP contribution >= 0.6 is 0 Å². The van der Waals surface area contributed by atoms with Crippen LogP contribution < -0.4 is 10.1 Å². The number of esters is 1. The summed E-state index contributed by atoms with van der Waals surface area (Å²) in [6.45, 7) is 4.60. The number of carbonyl (C=O) groups is 3. The van der Waals surface area contributed by atoms with Crippen LogP contribution in [0.3, 0.4) is 0 Å². The lowest BCUT2D eigenvalue weighted by Gasteiger charge is -2.42. The maximum Gasteiger partial charge on any atom is 0.306 e. The summed E-state index contributed by atoms with van der Waals surface area (Å²) in [6.07, 6.45) is 3.44. The number of benzene rings is 2. The fourth-order valence-electron chi connectivity index (χ4n) is 6.94. The highest BCUT2D eigenvalue weighted by Crippen LogP contribution is 2.43. The summed E-state index contributed by atoms with van der Waals surface area (Å²) in [5.74, 6) is -0.936. The summed E-state index contributed by atoms with van der Waals surface area (Å²) >= 11 is 0. The molecule has 9 heteroatoms. The third-order valence-electron chi connectivity index (χ3n) is 9.34. The molecule has 0 radical (unpaired) electrons. The first-order valence-corrected chi connectivity index (χ1v) is 15.3. The van der Waals surface area contributed by atoms with Gasteiger partial charge >= 0.3 is 5.97 Å². The van der Waals surface area contributed by atoms with Crippen molar-refractivity contribution in [1.82, 2.24) is 9.88 Å². The second-order valence-electron chi connectivity index (χ2n) is 12.8. The number of hydrogen-bond acceptors (Lipinski definition) is 6. The van der Waals surface area contributed by atoms with Gasteiger partial charge in [0.2, 0.25) is 11.8 Å². The van der Waals surface area contributed by atoms with Gasteiger partial charge in [-0.25, -0.2) is 9.37 Å². The fourth-order valence-corrected chi connectivity index (χ4v) is 6.94. The zero-order valence-electron chi connectivity index (χ0n) is 25.4. The summed E-state index contributed by atoms with van der Waals surface area (Å²) in [5.41, 5.74) is 3.98. The zero-order valence-corrected chi connectivity index (χ0v) is 25.4. The van der Waals surface area contributed by atoms with Crippen LogP contribution in [0.25, 0.3) is 0 Å². The van der Waals surface area contributed by atoms with Gasteiger partial charge in [0.1, 0.15) is 18.5 Å². The van der Waals surface area contributed by atoms with Crippen molar-refractivity contribution in [3.8, 4) is 5.88 Å². The van der Waals surface area contributed by atoms with E-state index in [2.05, 4.69) is 10.3 Å². The van der Waals surface area contributed by atoms with E-state index in [1.807, 2.05) is 50.2 Å². The first-order valence-electron chi connectivity index (χ1n) is 15.3. The van der Waals surface area contributed by atoms with Crippen LogP contribution in [0.4, 0.5) is 10.1 Å². The van der Waals surface area contributed by atoms with Crippen LogP contribution in [0.2, 0.25) is 0 Å². The normalized spacial score (nSPS) is 21.5. The van der Waals surface area contributed by atoms with Crippen LogP contribution in [-0.4, -0.2) is 41.3 Å². The van der Waals surface area contributed by atoms with Gasteiger partial charge in [-0.05, 0) is 71.9 Å². The number of amides is 2. The van der Waals surface area contributed by atoms with Crippen molar-refractivity contribution in [2.45, 2.75) is 70.4 Å². The van der Waals surface area contributed by atoms with Crippen molar-refractivity contribution in [3.05, 3.63) is 88.4 Å². The van der Waals surface area contributed by atoms with Gasteiger partial charge in [-0.3, -0.25) is 14.4 Å². The average Bonchev–Trinajstić information content (AvgIpc) is 3.31. The molecule has 3 aliphatic rings. The standard InChI is InChI=1S/C35H38FN3O5/c1-35(2)13-11-23-18-25(19-27(36)31(23)35)37-33(41)32-26-9-10-29(43-3)38-28(26)12-14-39(32)34(42)24-15-22(16-24)17-30(40)44-20-21-7-5-4-6-8-21/h4-10,18-19,22,24,32H,11-17,20H2,1-3H3,(H,37,41)/t22-,24+,32-/m1/s1. The minimum absolute atomic E-state index is 0.0566. The van der Waals surface area contributed by atoms with E-state index < -0.39 is 11.9 Å². The highest BCUT2D eigenvalue weighted by Gasteiger charge is 2.44. The molecular weight excluding hydrogens is 561 g/mol. The van der Waals surface area contributed by atoms with Gasteiger partial charge in [-0.15, -0.1) is 0 Å². The highest BCUT2D eigenvalue weighted by molar-refractivity contribution is 5.99. The van der Waals surface area contributed by atoms with Crippen LogP contribution in [-0.2, 0) is 44.0 Å². The van der Waals surface area contributed by atoms with E-state index in [0.29, 0.717) is 54.2 Å². The Bertz CT molecular complexity index is 1580. The van der Waals surface area contributed by atoms with Gasteiger partial charge in [0.25, 0.3) is 5.91 Å². The molecule has 0 bridgehead atoms. The molecule has 0 unspecified atom stereocenters. The Morgan fingerprint density at radius 1 is 1.07 bits per heavy atom. The van der Waals surface area contributed by atoms with Crippen molar-refractivity contribution in [1.29, 1.82) is 0 Å². The quantitative estimate of drug-likeness (QED) is 0.335. The van der Waals surface area contributed by atoms with E-state index in [1.165, 1.54) is 13.2 Å². The molecule has 0 spiro atoms. The second kappa shape index (κ2) is 12.0. The topological polar surface area (TPSA) is 97.8 Å². The molecule has 1 aromatic heterocycles. The van der Waals surface area contributed by atoms with Crippen molar-refractivity contribution in [2.24, 2.45) is 11.8 Å². The SMILES string of the molecule is COc1ccc2c(n1)CCN(C(=O)[C@H]1C[C@@H](CC(=O)OCc3ccccc3)C1)[C@H]2C(=O)Nc1cc(F)c2c(c1)CCC2(C)C. The number of nitrogens with zero attached hydrogens (tertiary/aromatic N) is 2. The van der Waals surface area contributed by atoms with E-state index in [4.69, 9.17) is 9.47 Å². The third-order valence-corrected chi connectivity index (χ3v) is 9.34. The molecule has 1 atom stereocenters. The van der Waals surface area contributed by atoms with E-state index in [-0.39, 0.29) is 48.0 Å². The number of hydrogen-bond donors (Lipinski definition) is 1. The Morgan fingerprint density at radius 2 is 1.84 bits per heavy atom. The largest absolute Gasteiger partial charge is 0.481 e. The molecule has 2 aliphatic carbocycles.